The third-order valence-corrected chi connectivity index (χ3v) is 2.99. The molecule has 0 aromatic carbocycles. The van der Waals surface area contributed by atoms with Gasteiger partial charge in [0.25, 0.3) is 0 Å². The molecular weight excluding hydrogens is 160 g/mol. The van der Waals surface area contributed by atoms with Crippen molar-refractivity contribution in [3.05, 3.63) is 11.3 Å². The molecule has 2 rings (SSSR count). The quantitative estimate of drug-likeness (QED) is 0.621. The van der Waals surface area contributed by atoms with Crippen molar-refractivity contribution in [2.45, 2.75) is 46.1 Å². The highest BCUT2D eigenvalue weighted by Gasteiger charge is 2.29. The zero-order chi connectivity index (χ0) is 9.84. The van der Waals surface area contributed by atoms with Crippen LogP contribution < -0.4 is 5.73 Å². The Labute approximate surface area is 81.8 Å². The van der Waals surface area contributed by atoms with Crippen molar-refractivity contribution in [2.24, 2.45) is 5.73 Å². The van der Waals surface area contributed by atoms with Gasteiger partial charge in [0, 0.05) is 18.3 Å². The van der Waals surface area contributed by atoms with E-state index in [2.05, 4.69) is 11.8 Å². The SMILES string of the molecule is CC.CC1=C(N)C2CCCN2CC1. The molecule has 0 saturated carbocycles. The topological polar surface area (TPSA) is 29.3 Å². The normalized spacial score (nSPS) is 28.1. The van der Waals surface area contributed by atoms with Gasteiger partial charge in [0.1, 0.15) is 0 Å². The van der Waals surface area contributed by atoms with Crippen molar-refractivity contribution in [3.63, 3.8) is 0 Å². The number of nitrogens with two attached hydrogens (primary N) is 1. The Kier molecular flexibility index (Phi) is 3.79. The summed E-state index contributed by atoms with van der Waals surface area (Å²) in [5.41, 5.74) is 8.59. The van der Waals surface area contributed by atoms with Gasteiger partial charge in [-0.3, -0.25) is 4.90 Å². The number of hydrogen-bond acceptors (Lipinski definition) is 2. The molecule has 0 aromatic rings. The lowest BCUT2D eigenvalue weighted by atomic mass is 10.0. The van der Waals surface area contributed by atoms with Crippen LogP contribution in [0.4, 0.5) is 0 Å². The maximum absolute atomic E-state index is 6.00. The molecule has 2 heteroatoms. The summed E-state index contributed by atoms with van der Waals surface area (Å²) in [6, 6.07) is 0.601. The summed E-state index contributed by atoms with van der Waals surface area (Å²) in [7, 11) is 0. The Bertz CT molecular complexity index is 196. The van der Waals surface area contributed by atoms with Crippen LogP contribution in [0.15, 0.2) is 11.3 Å². The molecule has 2 aliphatic rings. The van der Waals surface area contributed by atoms with E-state index in [1.54, 1.807) is 0 Å². The van der Waals surface area contributed by atoms with E-state index in [1.807, 2.05) is 13.8 Å². The summed E-state index contributed by atoms with van der Waals surface area (Å²) >= 11 is 0. The van der Waals surface area contributed by atoms with Crippen molar-refractivity contribution in [2.75, 3.05) is 13.1 Å². The monoisotopic (exact) mass is 182 g/mol. The van der Waals surface area contributed by atoms with Crippen LogP contribution >= 0.6 is 0 Å². The van der Waals surface area contributed by atoms with Gasteiger partial charge in [-0.05, 0) is 32.7 Å². The molecule has 1 atom stereocenters. The highest BCUT2D eigenvalue weighted by atomic mass is 15.2. The first kappa shape index (κ1) is 10.6. The molecule has 0 spiro atoms. The second-order valence-electron chi connectivity index (χ2n) is 3.68. The van der Waals surface area contributed by atoms with E-state index >= 15 is 0 Å². The predicted molar refractivity (Wildman–Crippen MR) is 57.4 cm³/mol. The maximum atomic E-state index is 6.00. The number of nitrogens with zero attached hydrogens (tertiary/aromatic N) is 1. The van der Waals surface area contributed by atoms with Crippen molar-refractivity contribution in [1.29, 1.82) is 0 Å². The van der Waals surface area contributed by atoms with Crippen LogP contribution in [0, 0.1) is 0 Å². The Morgan fingerprint density at radius 1 is 1.31 bits per heavy atom. The minimum Gasteiger partial charge on any atom is -0.401 e. The average molecular weight is 182 g/mol. The molecular formula is C11H22N2. The number of fused-ring (bicyclic) bond motifs is 1. The lowest BCUT2D eigenvalue weighted by molar-refractivity contribution is 0.265. The zero-order valence-corrected chi connectivity index (χ0v) is 9.14. The predicted octanol–water partition coefficient (Wildman–Crippen LogP) is 2.11. The number of hydrogen-bond donors (Lipinski definition) is 1. The van der Waals surface area contributed by atoms with Crippen molar-refractivity contribution >= 4 is 0 Å². The zero-order valence-electron chi connectivity index (χ0n) is 9.14. The van der Waals surface area contributed by atoms with Crippen molar-refractivity contribution in [1.82, 2.24) is 4.90 Å². The molecule has 1 fully saturated rings. The number of rotatable bonds is 0. The highest BCUT2D eigenvalue weighted by Crippen LogP contribution is 2.28. The molecule has 1 saturated heterocycles. The summed E-state index contributed by atoms with van der Waals surface area (Å²) in [4.78, 5) is 2.52. The van der Waals surface area contributed by atoms with Crippen LogP contribution in [0.25, 0.3) is 0 Å². The lowest BCUT2D eigenvalue weighted by Crippen LogP contribution is -2.38. The molecule has 2 aliphatic heterocycles. The van der Waals surface area contributed by atoms with E-state index in [0.717, 1.165) is 5.70 Å². The molecule has 2 heterocycles. The molecule has 0 amide bonds. The molecule has 0 bridgehead atoms. The van der Waals surface area contributed by atoms with Crippen molar-refractivity contribution < 1.29 is 0 Å². The van der Waals surface area contributed by atoms with Crippen LogP contribution in [0.3, 0.4) is 0 Å². The third-order valence-electron chi connectivity index (χ3n) is 2.99. The molecule has 0 aliphatic carbocycles. The van der Waals surface area contributed by atoms with Gasteiger partial charge in [-0.2, -0.15) is 0 Å². The van der Waals surface area contributed by atoms with E-state index in [9.17, 15) is 0 Å². The fraction of sp³-hybridized carbons (Fsp3) is 0.818. The molecule has 2 N–H and O–H groups in total. The average Bonchev–Trinajstić information content (AvgIpc) is 2.63. The summed E-state index contributed by atoms with van der Waals surface area (Å²) in [5.74, 6) is 0. The lowest BCUT2D eigenvalue weighted by Gasteiger charge is -2.30. The summed E-state index contributed by atoms with van der Waals surface area (Å²) < 4.78 is 0. The van der Waals surface area contributed by atoms with Crippen molar-refractivity contribution in [3.8, 4) is 0 Å². The van der Waals surface area contributed by atoms with Gasteiger partial charge in [0.15, 0.2) is 0 Å². The van der Waals surface area contributed by atoms with Crippen LogP contribution in [0.1, 0.15) is 40.0 Å². The van der Waals surface area contributed by atoms with Crippen LogP contribution in [-0.4, -0.2) is 24.0 Å². The van der Waals surface area contributed by atoms with E-state index in [-0.39, 0.29) is 0 Å². The largest absolute Gasteiger partial charge is 0.401 e. The van der Waals surface area contributed by atoms with E-state index in [0.29, 0.717) is 6.04 Å². The fourth-order valence-corrected chi connectivity index (χ4v) is 2.19. The first-order valence-corrected chi connectivity index (χ1v) is 5.48. The molecule has 2 nitrogen and oxygen atoms in total. The van der Waals surface area contributed by atoms with Crippen LogP contribution in [0.2, 0.25) is 0 Å². The van der Waals surface area contributed by atoms with Gasteiger partial charge in [0.05, 0.1) is 0 Å². The fourth-order valence-electron chi connectivity index (χ4n) is 2.19. The molecule has 1 unspecified atom stereocenters. The molecule has 13 heavy (non-hydrogen) atoms. The second kappa shape index (κ2) is 4.66. The van der Waals surface area contributed by atoms with Gasteiger partial charge in [-0.25, -0.2) is 0 Å². The summed E-state index contributed by atoms with van der Waals surface area (Å²) in [6.07, 6.45) is 3.80. The maximum Gasteiger partial charge on any atom is 0.0493 e. The minimum absolute atomic E-state index is 0.601. The molecule has 0 radical (unpaired) electrons. The van der Waals surface area contributed by atoms with Gasteiger partial charge < -0.3 is 5.73 Å². The second-order valence-corrected chi connectivity index (χ2v) is 3.68. The van der Waals surface area contributed by atoms with E-state index in [1.165, 1.54) is 37.9 Å². The van der Waals surface area contributed by atoms with Gasteiger partial charge in [-0.1, -0.05) is 19.4 Å². The van der Waals surface area contributed by atoms with Crippen LogP contribution in [-0.2, 0) is 0 Å². The molecule has 0 aromatic heterocycles. The van der Waals surface area contributed by atoms with E-state index in [4.69, 9.17) is 5.73 Å². The Hall–Kier alpha value is -0.500. The summed E-state index contributed by atoms with van der Waals surface area (Å²) in [6.45, 7) is 8.67. The third kappa shape index (κ3) is 2.05. The van der Waals surface area contributed by atoms with E-state index < -0.39 is 0 Å². The standard InChI is InChI=1S/C9H16N2.C2H6/c1-7-4-6-11-5-2-3-8(11)9(7)10;1-2/h8H,2-6,10H2,1H3;1-2H3. The van der Waals surface area contributed by atoms with Gasteiger partial charge in [0.2, 0.25) is 0 Å². The Balaban J connectivity index is 0.000000396. The Morgan fingerprint density at radius 3 is 2.69 bits per heavy atom. The Morgan fingerprint density at radius 2 is 2.00 bits per heavy atom. The van der Waals surface area contributed by atoms with Gasteiger partial charge in [-0.15, -0.1) is 0 Å². The smallest absolute Gasteiger partial charge is 0.0493 e. The van der Waals surface area contributed by atoms with Crippen LogP contribution in [0.5, 0.6) is 0 Å². The highest BCUT2D eigenvalue weighted by molar-refractivity contribution is 5.20. The van der Waals surface area contributed by atoms with Gasteiger partial charge >= 0.3 is 0 Å². The first-order valence-electron chi connectivity index (χ1n) is 5.48. The molecule has 76 valence electrons. The summed E-state index contributed by atoms with van der Waals surface area (Å²) in [5, 5.41) is 0. The first-order chi connectivity index (χ1) is 6.29. The minimum atomic E-state index is 0.601.